The Balaban J connectivity index is 1.90. The van der Waals surface area contributed by atoms with Crippen molar-refractivity contribution in [3.05, 3.63) is 35.9 Å². The van der Waals surface area contributed by atoms with Crippen molar-refractivity contribution in [3.8, 4) is 0 Å². The predicted octanol–water partition coefficient (Wildman–Crippen LogP) is 2.73. The van der Waals surface area contributed by atoms with Crippen LogP contribution in [0.15, 0.2) is 30.3 Å². The molecule has 2 atom stereocenters. The zero-order valence-corrected chi connectivity index (χ0v) is 14.2. The van der Waals surface area contributed by atoms with Crippen molar-refractivity contribution < 1.29 is 9.59 Å². The number of benzene rings is 1. The van der Waals surface area contributed by atoms with Crippen LogP contribution in [-0.4, -0.2) is 28.3 Å². The Kier molecular flexibility index (Phi) is 4.17. The van der Waals surface area contributed by atoms with Crippen LogP contribution in [0.5, 0.6) is 0 Å². The fraction of sp³-hybridized carbons (Fsp3) is 0.579. The van der Waals surface area contributed by atoms with E-state index in [0.717, 1.165) is 18.4 Å². The summed E-state index contributed by atoms with van der Waals surface area (Å²) in [5.41, 5.74) is 0.349. The van der Waals surface area contributed by atoms with Crippen LogP contribution in [0, 0.1) is 11.8 Å². The van der Waals surface area contributed by atoms with Crippen molar-refractivity contribution in [1.82, 2.24) is 10.2 Å². The Labute approximate surface area is 138 Å². The average molecular weight is 314 g/mol. The summed E-state index contributed by atoms with van der Waals surface area (Å²) < 4.78 is 0. The second-order valence-corrected chi connectivity index (χ2v) is 7.53. The summed E-state index contributed by atoms with van der Waals surface area (Å²) in [7, 11) is 0. The molecule has 1 N–H and O–H groups in total. The van der Waals surface area contributed by atoms with Gasteiger partial charge in [-0.1, -0.05) is 44.2 Å². The first kappa shape index (κ1) is 16.0. The molecule has 0 radical (unpaired) electrons. The van der Waals surface area contributed by atoms with Crippen LogP contribution in [0.1, 0.15) is 45.6 Å². The molecule has 1 aliphatic carbocycles. The summed E-state index contributed by atoms with van der Waals surface area (Å²) in [6.07, 6.45) is 2.75. The van der Waals surface area contributed by atoms with Crippen LogP contribution < -0.4 is 5.32 Å². The molecule has 124 valence electrons. The van der Waals surface area contributed by atoms with Gasteiger partial charge in [0, 0.05) is 6.54 Å². The number of carbonyl (C=O) groups is 2. The smallest absolute Gasteiger partial charge is 0.249 e. The van der Waals surface area contributed by atoms with Gasteiger partial charge in [-0.3, -0.25) is 9.59 Å². The van der Waals surface area contributed by atoms with Crippen LogP contribution in [0.25, 0.3) is 0 Å². The summed E-state index contributed by atoms with van der Waals surface area (Å²) in [4.78, 5) is 27.7. The van der Waals surface area contributed by atoms with Crippen molar-refractivity contribution in [1.29, 1.82) is 0 Å². The fourth-order valence-electron chi connectivity index (χ4n) is 3.55. The normalized spacial score (nSPS) is 28.2. The molecule has 2 aliphatic rings. The number of carbonyl (C=O) groups excluding carboxylic acids is 2. The van der Waals surface area contributed by atoms with Gasteiger partial charge in [-0.05, 0) is 43.6 Å². The van der Waals surface area contributed by atoms with Crippen LogP contribution in [0.4, 0.5) is 0 Å². The topological polar surface area (TPSA) is 49.4 Å². The maximum absolute atomic E-state index is 13.2. The van der Waals surface area contributed by atoms with Gasteiger partial charge in [0.25, 0.3) is 0 Å². The first-order valence-electron chi connectivity index (χ1n) is 8.59. The molecule has 2 fully saturated rings. The van der Waals surface area contributed by atoms with Gasteiger partial charge < -0.3 is 10.2 Å². The summed E-state index contributed by atoms with van der Waals surface area (Å²) in [5.74, 6) is 0.733. The largest absolute Gasteiger partial charge is 0.340 e. The zero-order valence-electron chi connectivity index (χ0n) is 14.2. The Bertz CT molecular complexity index is 595. The van der Waals surface area contributed by atoms with Crippen molar-refractivity contribution in [3.63, 3.8) is 0 Å². The molecule has 2 unspecified atom stereocenters. The van der Waals surface area contributed by atoms with Crippen LogP contribution in [0.2, 0.25) is 0 Å². The Morgan fingerprint density at radius 3 is 2.43 bits per heavy atom. The lowest BCUT2D eigenvalue weighted by Crippen LogP contribution is -2.70. The lowest BCUT2D eigenvalue weighted by Gasteiger charge is -2.45. The van der Waals surface area contributed by atoms with Gasteiger partial charge in [-0.15, -0.1) is 0 Å². The molecule has 4 heteroatoms. The molecular formula is C19H26N2O2. The molecule has 0 bridgehead atoms. The first-order valence-corrected chi connectivity index (χ1v) is 8.59. The first-order chi connectivity index (χ1) is 10.9. The lowest BCUT2D eigenvalue weighted by molar-refractivity contribution is -0.156. The van der Waals surface area contributed by atoms with Gasteiger partial charge in [0.05, 0.1) is 0 Å². The SMILES string of the molecule is CC(C)CC1C(=O)NC(C)(C2CC2)C(=O)N1Cc1ccccc1. The van der Waals surface area contributed by atoms with Gasteiger partial charge in [-0.2, -0.15) is 0 Å². The number of hydrogen-bond donors (Lipinski definition) is 1. The molecule has 0 aromatic heterocycles. The van der Waals surface area contributed by atoms with Crippen LogP contribution in [-0.2, 0) is 16.1 Å². The molecule has 1 aromatic rings. The Hall–Kier alpha value is -1.84. The number of piperazine rings is 1. The van der Waals surface area contributed by atoms with Gasteiger partial charge in [0.1, 0.15) is 11.6 Å². The van der Waals surface area contributed by atoms with Gasteiger partial charge in [0.15, 0.2) is 0 Å². The van der Waals surface area contributed by atoms with E-state index in [9.17, 15) is 9.59 Å². The molecule has 1 aliphatic heterocycles. The maximum atomic E-state index is 13.2. The van der Waals surface area contributed by atoms with E-state index >= 15 is 0 Å². The summed E-state index contributed by atoms with van der Waals surface area (Å²) in [6.45, 7) is 6.58. The van der Waals surface area contributed by atoms with Crippen LogP contribution >= 0.6 is 0 Å². The van der Waals surface area contributed by atoms with E-state index in [0.29, 0.717) is 18.9 Å². The highest BCUT2D eigenvalue weighted by Crippen LogP contribution is 2.42. The molecule has 23 heavy (non-hydrogen) atoms. The highest BCUT2D eigenvalue weighted by molar-refractivity contribution is 6.00. The van der Waals surface area contributed by atoms with Gasteiger partial charge >= 0.3 is 0 Å². The molecule has 1 aromatic carbocycles. The Morgan fingerprint density at radius 2 is 1.87 bits per heavy atom. The van der Waals surface area contributed by atoms with Gasteiger partial charge in [-0.25, -0.2) is 0 Å². The summed E-state index contributed by atoms with van der Waals surface area (Å²) in [5, 5.41) is 3.05. The average Bonchev–Trinajstić information content (AvgIpc) is 3.34. The molecule has 3 rings (SSSR count). The number of nitrogens with one attached hydrogen (secondary N) is 1. The molecule has 1 saturated heterocycles. The van der Waals surface area contributed by atoms with Crippen molar-refractivity contribution in [2.45, 2.75) is 58.2 Å². The van der Waals surface area contributed by atoms with E-state index in [1.54, 1.807) is 0 Å². The minimum Gasteiger partial charge on any atom is -0.340 e. The summed E-state index contributed by atoms with van der Waals surface area (Å²) in [6, 6.07) is 9.58. The third-order valence-electron chi connectivity index (χ3n) is 5.05. The second kappa shape index (κ2) is 5.99. The van der Waals surface area contributed by atoms with Crippen LogP contribution in [0.3, 0.4) is 0 Å². The third-order valence-corrected chi connectivity index (χ3v) is 5.05. The minimum atomic E-state index is -0.723. The standard InChI is InChI=1S/C19H26N2O2/c1-13(2)11-16-17(22)20-19(3,15-9-10-15)18(23)21(16)12-14-7-5-4-6-8-14/h4-8,13,15-16H,9-12H2,1-3H3,(H,20,22). The van der Waals surface area contributed by atoms with Crippen molar-refractivity contribution in [2.75, 3.05) is 0 Å². The van der Waals surface area contributed by atoms with E-state index in [1.165, 1.54) is 0 Å². The molecule has 4 nitrogen and oxygen atoms in total. The third kappa shape index (κ3) is 3.12. The molecule has 1 saturated carbocycles. The van der Waals surface area contributed by atoms with E-state index in [4.69, 9.17) is 0 Å². The summed E-state index contributed by atoms with van der Waals surface area (Å²) >= 11 is 0. The number of rotatable bonds is 5. The minimum absolute atomic E-state index is 0.00336. The van der Waals surface area contributed by atoms with Gasteiger partial charge in [0.2, 0.25) is 11.8 Å². The Morgan fingerprint density at radius 1 is 1.22 bits per heavy atom. The highest BCUT2D eigenvalue weighted by Gasteiger charge is 2.55. The van der Waals surface area contributed by atoms with E-state index in [2.05, 4.69) is 19.2 Å². The predicted molar refractivity (Wildman–Crippen MR) is 89.5 cm³/mol. The zero-order chi connectivity index (χ0) is 16.6. The van der Waals surface area contributed by atoms with E-state index in [-0.39, 0.29) is 23.8 Å². The number of amides is 2. The fourth-order valence-corrected chi connectivity index (χ4v) is 3.55. The molecule has 1 heterocycles. The quantitative estimate of drug-likeness (QED) is 0.908. The van der Waals surface area contributed by atoms with Crippen molar-refractivity contribution in [2.24, 2.45) is 11.8 Å². The number of hydrogen-bond acceptors (Lipinski definition) is 2. The van der Waals surface area contributed by atoms with E-state index < -0.39 is 5.54 Å². The second-order valence-electron chi connectivity index (χ2n) is 7.53. The molecular weight excluding hydrogens is 288 g/mol. The maximum Gasteiger partial charge on any atom is 0.249 e. The highest BCUT2D eigenvalue weighted by atomic mass is 16.2. The number of nitrogens with zero attached hydrogens (tertiary/aromatic N) is 1. The molecule has 0 spiro atoms. The van der Waals surface area contributed by atoms with Crippen molar-refractivity contribution >= 4 is 11.8 Å². The lowest BCUT2D eigenvalue weighted by atomic mass is 9.87. The van der Waals surface area contributed by atoms with E-state index in [1.807, 2.05) is 42.2 Å². The molecule has 2 amide bonds. The monoisotopic (exact) mass is 314 g/mol.